The van der Waals surface area contributed by atoms with Crippen molar-refractivity contribution < 1.29 is 13.2 Å². The summed E-state index contributed by atoms with van der Waals surface area (Å²) < 4.78 is 40.5. The molecule has 3 heterocycles. The predicted molar refractivity (Wildman–Crippen MR) is 91.7 cm³/mol. The minimum absolute atomic E-state index is 0.101. The molecule has 0 spiro atoms. The number of likely N-dealkylation sites (tertiary alicyclic amines) is 1. The summed E-state index contributed by atoms with van der Waals surface area (Å²) in [6.07, 6.45) is -1.59. The van der Waals surface area contributed by atoms with E-state index in [9.17, 15) is 13.2 Å². The van der Waals surface area contributed by atoms with E-state index < -0.39 is 11.9 Å². The highest BCUT2D eigenvalue weighted by Gasteiger charge is 2.34. The molecular formula is C17H23F3N6. The summed E-state index contributed by atoms with van der Waals surface area (Å²) in [6, 6.07) is 3.18. The summed E-state index contributed by atoms with van der Waals surface area (Å²) in [5, 5.41) is 4.49. The fourth-order valence-electron chi connectivity index (χ4n) is 3.31. The van der Waals surface area contributed by atoms with Crippen LogP contribution in [0.15, 0.2) is 18.5 Å². The molecule has 0 bridgehead atoms. The van der Waals surface area contributed by atoms with Gasteiger partial charge in [-0.3, -0.25) is 9.58 Å². The van der Waals surface area contributed by atoms with Crippen molar-refractivity contribution in [2.24, 2.45) is 7.05 Å². The Morgan fingerprint density at radius 3 is 2.69 bits per heavy atom. The van der Waals surface area contributed by atoms with Crippen LogP contribution in [0.3, 0.4) is 0 Å². The number of hydrogen-bond donors (Lipinski definition) is 0. The Bertz CT molecular complexity index is 738. The molecule has 0 aliphatic carbocycles. The Morgan fingerprint density at radius 1 is 1.27 bits per heavy atom. The Morgan fingerprint density at radius 2 is 2.04 bits per heavy atom. The van der Waals surface area contributed by atoms with Gasteiger partial charge in [-0.15, -0.1) is 0 Å². The maximum Gasteiger partial charge on any atom is 0.433 e. The van der Waals surface area contributed by atoms with Crippen molar-refractivity contribution in [2.75, 3.05) is 25.0 Å². The average Bonchev–Trinajstić information content (AvgIpc) is 2.91. The molecule has 0 amide bonds. The van der Waals surface area contributed by atoms with E-state index in [4.69, 9.17) is 0 Å². The van der Waals surface area contributed by atoms with Crippen molar-refractivity contribution in [3.05, 3.63) is 35.5 Å². The summed E-state index contributed by atoms with van der Waals surface area (Å²) in [5.74, 6) is 0.299. The van der Waals surface area contributed by atoms with Crippen LogP contribution in [-0.4, -0.2) is 50.8 Å². The fourth-order valence-corrected chi connectivity index (χ4v) is 3.31. The molecule has 0 saturated carbocycles. The number of piperidine rings is 1. The van der Waals surface area contributed by atoms with Gasteiger partial charge in [-0.25, -0.2) is 9.97 Å². The largest absolute Gasteiger partial charge is 0.433 e. The van der Waals surface area contributed by atoms with E-state index in [1.165, 1.54) is 0 Å². The van der Waals surface area contributed by atoms with Crippen LogP contribution in [0.4, 0.5) is 19.0 Å². The normalized spacial score (nSPS) is 18.9. The molecule has 26 heavy (non-hydrogen) atoms. The summed E-state index contributed by atoms with van der Waals surface area (Å²) in [7, 11) is 3.71. The van der Waals surface area contributed by atoms with Crippen molar-refractivity contribution >= 4 is 5.82 Å². The quantitative estimate of drug-likeness (QED) is 0.830. The first kappa shape index (κ1) is 18.6. The van der Waals surface area contributed by atoms with Crippen LogP contribution in [0.2, 0.25) is 0 Å². The van der Waals surface area contributed by atoms with Gasteiger partial charge in [0.05, 0.1) is 5.69 Å². The monoisotopic (exact) mass is 368 g/mol. The SMILES string of the molecule is Cc1cc(CN2CCCC(N(C)c3cc(C(F)(F)F)ncn3)C2)nn1C. The lowest BCUT2D eigenvalue weighted by Crippen LogP contribution is -2.46. The van der Waals surface area contributed by atoms with Crippen molar-refractivity contribution in [1.82, 2.24) is 24.6 Å². The zero-order chi connectivity index (χ0) is 18.9. The predicted octanol–water partition coefficient (Wildman–Crippen LogP) is 2.64. The van der Waals surface area contributed by atoms with Crippen molar-refractivity contribution in [3.63, 3.8) is 0 Å². The topological polar surface area (TPSA) is 50.1 Å². The second kappa shape index (κ2) is 7.22. The number of alkyl halides is 3. The van der Waals surface area contributed by atoms with E-state index in [2.05, 4.69) is 26.0 Å². The molecule has 2 aromatic rings. The number of aromatic nitrogens is 4. The molecule has 1 unspecified atom stereocenters. The Hall–Kier alpha value is -2.16. The third kappa shape index (κ3) is 4.14. The number of nitrogens with zero attached hydrogens (tertiary/aromatic N) is 6. The first-order chi connectivity index (χ1) is 12.2. The summed E-state index contributed by atoms with van der Waals surface area (Å²) in [6.45, 7) is 4.47. The molecule has 1 saturated heterocycles. The highest BCUT2D eigenvalue weighted by atomic mass is 19.4. The van der Waals surface area contributed by atoms with Crippen LogP contribution in [0.5, 0.6) is 0 Å². The van der Waals surface area contributed by atoms with Crippen LogP contribution in [-0.2, 0) is 19.8 Å². The van der Waals surface area contributed by atoms with Gasteiger partial charge in [0.2, 0.25) is 0 Å². The van der Waals surface area contributed by atoms with E-state index in [-0.39, 0.29) is 6.04 Å². The highest BCUT2D eigenvalue weighted by Crippen LogP contribution is 2.29. The molecule has 1 fully saturated rings. The zero-order valence-corrected chi connectivity index (χ0v) is 15.2. The lowest BCUT2D eigenvalue weighted by Gasteiger charge is -2.38. The molecule has 1 atom stereocenters. The molecule has 1 aliphatic rings. The summed E-state index contributed by atoms with van der Waals surface area (Å²) in [4.78, 5) is 11.5. The number of hydrogen-bond acceptors (Lipinski definition) is 5. The third-order valence-electron chi connectivity index (χ3n) is 4.88. The van der Waals surface area contributed by atoms with E-state index in [1.807, 2.05) is 23.6 Å². The standard InChI is InChI=1S/C17H23F3N6/c1-12-7-13(23-25(12)3)9-26-6-4-5-14(10-26)24(2)16-8-15(17(18,19)20)21-11-22-16/h7-8,11,14H,4-6,9-10H2,1-3H3. The van der Waals surface area contributed by atoms with Crippen LogP contribution in [0, 0.1) is 6.92 Å². The number of likely N-dealkylation sites (N-methyl/N-ethyl adjacent to an activating group) is 1. The van der Waals surface area contributed by atoms with Crippen LogP contribution < -0.4 is 4.90 Å². The second-order valence-electron chi connectivity index (χ2n) is 6.80. The maximum absolute atomic E-state index is 12.9. The van der Waals surface area contributed by atoms with Gasteiger partial charge in [-0.2, -0.15) is 18.3 Å². The van der Waals surface area contributed by atoms with Gasteiger partial charge >= 0.3 is 6.18 Å². The zero-order valence-electron chi connectivity index (χ0n) is 15.2. The highest BCUT2D eigenvalue weighted by molar-refractivity contribution is 5.40. The summed E-state index contributed by atoms with van der Waals surface area (Å²) >= 11 is 0. The molecule has 2 aromatic heterocycles. The van der Waals surface area contributed by atoms with Gasteiger partial charge < -0.3 is 4.90 Å². The third-order valence-corrected chi connectivity index (χ3v) is 4.88. The minimum atomic E-state index is -4.46. The smallest absolute Gasteiger partial charge is 0.355 e. The Balaban J connectivity index is 1.69. The second-order valence-corrected chi connectivity index (χ2v) is 6.80. The molecule has 9 heteroatoms. The number of anilines is 1. The van der Waals surface area contributed by atoms with Crippen LogP contribution in [0.1, 0.15) is 29.9 Å². The van der Waals surface area contributed by atoms with Crippen LogP contribution in [0.25, 0.3) is 0 Å². The molecule has 3 rings (SSSR count). The van der Waals surface area contributed by atoms with Crippen LogP contribution >= 0.6 is 0 Å². The Labute approximate surface area is 150 Å². The van der Waals surface area contributed by atoms with Crippen molar-refractivity contribution in [2.45, 2.75) is 38.5 Å². The first-order valence-corrected chi connectivity index (χ1v) is 8.58. The number of aryl methyl sites for hydroxylation is 2. The van der Waals surface area contributed by atoms with Gasteiger partial charge in [0, 0.05) is 45.0 Å². The van der Waals surface area contributed by atoms with Crippen molar-refractivity contribution in [1.29, 1.82) is 0 Å². The van der Waals surface area contributed by atoms with Gasteiger partial charge in [0.1, 0.15) is 17.8 Å². The van der Waals surface area contributed by atoms with Crippen molar-refractivity contribution in [3.8, 4) is 0 Å². The molecule has 0 aromatic carbocycles. The fraction of sp³-hybridized carbons (Fsp3) is 0.588. The van der Waals surface area contributed by atoms with Gasteiger partial charge in [0.25, 0.3) is 0 Å². The average molecular weight is 368 g/mol. The van der Waals surface area contributed by atoms with E-state index in [1.54, 1.807) is 7.05 Å². The number of rotatable bonds is 4. The van der Waals surface area contributed by atoms with Gasteiger partial charge in [-0.1, -0.05) is 0 Å². The van der Waals surface area contributed by atoms with Gasteiger partial charge in [-0.05, 0) is 32.4 Å². The summed E-state index contributed by atoms with van der Waals surface area (Å²) in [5.41, 5.74) is 1.20. The first-order valence-electron chi connectivity index (χ1n) is 8.58. The molecule has 142 valence electrons. The number of halogens is 3. The molecule has 6 nitrogen and oxygen atoms in total. The maximum atomic E-state index is 12.9. The molecular weight excluding hydrogens is 345 g/mol. The molecule has 1 aliphatic heterocycles. The van der Waals surface area contributed by atoms with E-state index in [0.717, 1.165) is 56.3 Å². The molecule has 0 radical (unpaired) electrons. The van der Waals surface area contributed by atoms with Gasteiger partial charge in [0.15, 0.2) is 0 Å². The Kier molecular flexibility index (Phi) is 5.17. The lowest BCUT2D eigenvalue weighted by atomic mass is 10.0. The van der Waals surface area contributed by atoms with E-state index >= 15 is 0 Å². The lowest BCUT2D eigenvalue weighted by molar-refractivity contribution is -0.141. The minimum Gasteiger partial charge on any atom is -0.355 e. The molecule has 0 N–H and O–H groups in total. The van der Waals surface area contributed by atoms with E-state index in [0.29, 0.717) is 5.82 Å².